The molecule has 3 aromatic rings. The first-order valence-electron chi connectivity index (χ1n) is 10.4. The van der Waals surface area contributed by atoms with Crippen molar-refractivity contribution in [1.82, 2.24) is 14.2 Å². The van der Waals surface area contributed by atoms with Crippen LogP contribution in [0.25, 0.3) is 9.88 Å². The molecule has 3 heterocycles. The Bertz CT molecular complexity index is 1190. The average Bonchev–Trinajstić information content (AvgIpc) is 3.50. The Hall–Kier alpha value is -2.07. The Balaban J connectivity index is 1.26. The lowest BCUT2D eigenvalue weighted by atomic mass is 9.92. The largest absolute Gasteiger partial charge is 0.335 e. The van der Waals surface area contributed by atoms with Crippen molar-refractivity contribution < 1.29 is 13.2 Å². The van der Waals surface area contributed by atoms with Crippen LogP contribution in [0.1, 0.15) is 33.6 Å². The molecule has 1 amide bonds. The van der Waals surface area contributed by atoms with Gasteiger partial charge in [0.25, 0.3) is 5.91 Å². The van der Waals surface area contributed by atoms with E-state index in [1.807, 2.05) is 29.6 Å². The number of hydrogen-bond acceptors (Lipinski definition) is 6. The molecular weight excluding hydrogens is 450 g/mol. The summed E-state index contributed by atoms with van der Waals surface area (Å²) in [6.07, 6.45) is 5.89. The fourth-order valence-corrected chi connectivity index (χ4v) is 7.36. The summed E-state index contributed by atoms with van der Waals surface area (Å²) in [6.45, 7) is 1.38. The van der Waals surface area contributed by atoms with E-state index in [9.17, 15) is 13.2 Å². The van der Waals surface area contributed by atoms with Crippen LogP contribution in [0, 0.1) is 0 Å². The molecule has 0 saturated carbocycles. The van der Waals surface area contributed by atoms with Gasteiger partial charge in [-0.05, 0) is 60.4 Å². The maximum atomic E-state index is 13.2. The van der Waals surface area contributed by atoms with Gasteiger partial charge >= 0.3 is 0 Å². The molecule has 0 N–H and O–H groups in total. The van der Waals surface area contributed by atoms with Crippen molar-refractivity contribution in [2.75, 3.05) is 26.2 Å². The van der Waals surface area contributed by atoms with E-state index < -0.39 is 10.0 Å². The molecule has 9 heteroatoms. The summed E-state index contributed by atoms with van der Waals surface area (Å²) in [5.74, 6) is -0.0777. The lowest BCUT2D eigenvalue weighted by Crippen LogP contribution is -2.50. The third kappa shape index (κ3) is 4.07. The number of benzene rings is 1. The smallest absolute Gasteiger partial charge is 0.265 e. The summed E-state index contributed by atoms with van der Waals surface area (Å²) < 4.78 is 27.8. The molecule has 0 unspecified atom stereocenters. The number of rotatable bonds is 4. The minimum absolute atomic E-state index is 0.0777. The van der Waals surface area contributed by atoms with E-state index in [1.165, 1.54) is 27.6 Å². The van der Waals surface area contributed by atoms with Crippen molar-refractivity contribution in [1.29, 1.82) is 0 Å². The Labute approximate surface area is 190 Å². The van der Waals surface area contributed by atoms with Gasteiger partial charge in [0.05, 0.1) is 16.0 Å². The third-order valence-electron chi connectivity index (χ3n) is 5.93. The number of nitrogens with zero attached hydrogens (tertiary/aromatic N) is 3. The third-order valence-corrected chi connectivity index (χ3v) is 9.85. The molecule has 0 atom stereocenters. The number of hydrogen-bond donors (Lipinski definition) is 0. The quantitative estimate of drug-likeness (QED) is 0.576. The van der Waals surface area contributed by atoms with Crippen LogP contribution >= 0.6 is 22.7 Å². The molecule has 31 heavy (non-hydrogen) atoms. The molecule has 6 nitrogen and oxygen atoms in total. The molecule has 0 bridgehead atoms. The van der Waals surface area contributed by atoms with Crippen LogP contribution in [-0.4, -0.2) is 54.7 Å². The van der Waals surface area contributed by atoms with Gasteiger partial charge in [-0.25, -0.2) is 13.4 Å². The highest BCUT2D eigenvalue weighted by molar-refractivity contribution is 7.89. The molecule has 1 aromatic carbocycles. The monoisotopic (exact) mass is 473 g/mol. The molecule has 0 spiro atoms. The van der Waals surface area contributed by atoms with Gasteiger partial charge in [-0.1, -0.05) is 12.1 Å². The average molecular weight is 474 g/mol. The van der Waals surface area contributed by atoms with Gasteiger partial charge in [-0.2, -0.15) is 4.31 Å². The highest BCUT2D eigenvalue weighted by atomic mass is 32.2. The number of amides is 1. The summed E-state index contributed by atoms with van der Waals surface area (Å²) in [4.78, 5) is 21.0. The molecule has 1 aliphatic heterocycles. The molecule has 1 saturated heterocycles. The minimum Gasteiger partial charge on any atom is -0.335 e. The SMILES string of the molecule is O=C(c1cnc(-c2cccs2)s1)N1CCN(S(=O)(=O)c2ccc3c(c2)CCCC3)CC1. The van der Waals surface area contributed by atoms with E-state index in [-0.39, 0.29) is 5.91 Å². The van der Waals surface area contributed by atoms with Crippen LogP contribution in [0.3, 0.4) is 0 Å². The summed E-state index contributed by atoms with van der Waals surface area (Å²) in [6, 6.07) is 9.51. The molecule has 162 valence electrons. The Kier molecular flexibility index (Phi) is 5.68. The maximum Gasteiger partial charge on any atom is 0.265 e. The van der Waals surface area contributed by atoms with Gasteiger partial charge in [-0.15, -0.1) is 22.7 Å². The van der Waals surface area contributed by atoms with E-state index in [4.69, 9.17) is 0 Å². The maximum absolute atomic E-state index is 13.2. The van der Waals surface area contributed by atoms with Crippen molar-refractivity contribution in [3.63, 3.8) is 0 Å². The van der Waals surface area contributed by atoms with Crippen LogP contribution in [0.2, 0.25) is 0 Å². The Morgan fingerprint density at radius 2 is 1.77 bits per heavy atom. The molecule has 0 radical (unpaired) electrons. The Morgan fingerprint density at radius 1 is 1.00 bits per heavy atom. The van der Waals surface area contributed by atoms with Gasteiger partial charge < -0.3 is 4.90 Å². The van der Waals surface area contributed by atoms with E-state index >= 15 is 0 Å². The van der Waals surface area contributed by atoms with Gasteiger partial charge in [0, 0.05) is 26.2 Å². The summed E-state index contributed by atoms with van der Waals surface area (Å²) in [5, 5.41) is 2.83. The summed E-state index contributed by atoms with van der Waals surface area (Å²) >= 11 is 2.98. The molecular formula is C22H23N3O3S3. The van der Waals surface area contributed by atoms with Crippen LogP contribution in [0.5, 0.6) is 0 Å². The second-order valence-corrected chi connectivity index (χ2v) is 11.8. The Morgan fingerprint density at radius 3 is 2.52 bits per heavy atom. The van der Waals surface area contributed by atoms with Crippen molar-refractivity contribution in [3.8, 4) is 9.88 Å². The van der Waals surface area contributed by atoms with E-state index in [2.05, 4.69) is 4.98 Å². The number of carbonyl (C=O) groups is 1. The molecule has 2 aliphatic rings. The number of thiazole rings is 1. The number of aryl methyl sites for hydroxylation is 2. The minimum atomic E-state index is -3.55. The zero-order chi connectivity index (χ0) is 21.4. The highest BCUT2D eigenvalue weighted by Crippen LogP contribution is 2.30. The number of thiophene rings is 1. The predicted octanol–water partition coefficient (Wildman–Crippen LogP) is 3.90. The lowest BCUT2D eigenvalue weighted by Gasteiger charge is -2.34. The van der Waals surface area contributed by atoms with E-state index in [0.29, 0.717) is 36.0 Å². The van der Waals surface area contributed by atoms with Crippen molar-refractivity contribution in [3.05, 3.63) is 57.9 Å². The summed E-state index contributed by atoms with van der Waals surface area (Å²) in [5.41, 5.74) is 2.43. The van der Waals surface area contributed by atoms with Crippen molar-refractivity contribution in [2.24, 2.45) is 0 Å². The first-order valence-corrected chi connectivity index (χ1v) is 13.6. The van der Waals surface area contributed by atoms with Gasteiger partial charge in [0.1, 0.15) is 9.88 Å². The van der Waals surface area contributed by atoms with E-state index in [1.54, 1.807) is 28.5 Å². The first kappa shape index (κ1) is 20.8. The van der Waals surface area contributed by atoms with Gasteiger partial charge in [0.15, 0.2) is 0 Å². The molecule has 5 rings (SSSR count). The van der Waals surface area contributed by atoms with Crippen LogP contribution < -0.4 is 0 Å². The molecule has 2 aromatic heterocycles. The fourth-order valence-electron chi connectivity index (χ4n) is 4.19. The number of fused-ring (bicyclic) bond motifs is 1. The normalized spacial score (nSPS) is 17.5. The number of carbonyl (C=O) groups excluding carboxylic acids is 1. The molecule has 1 fully saturated rings. The van der Waals surface area contributed by atoms with Crippen LogP contribution in [-0.2, 0) is 22.9 Å². The zero-order valence-corrected chi connectivity index (χ0v) is 19.4. The van der Waals surface area contributed by atoms with Crippen molar-refractivity contribution in [2.45, 2.75) is 30.6 Å². The number of piperazine rings is 1. The molecule has 1 aliphatic carbocycles. The standard InChI is InChI=1S/C22H23N3O3S3/c26-22(20-15-23-21(30-20)19-6-3-13-29-19)24-9-11-25(12-10-24)31(27,28)18-8-7-16-4-1-2-5-17(16)14-18/h3,6-8,13-15H,1-2,4-5,9-12H2. The van der Waals surface area contributed by atoms with Crippen LogP contribution in [0.15, 0.2) is 46.8 Å². The summed E-state index contributed by atoms with van der Waals surface area (Å²) in [7, 11) is -3.55. The second kappa shape index (κ2) is 8.46. The topological polar surface area (TPSA) is 70.6 Å². The predicted molar refractivity (Wildman–Crippen MR) is 123 cm³/mol. The van der Waals surface area contributed by atoms with Crippen LogP contribution in [0.4, 0.5) is 0 Å². The van der Waals surface area contributed by atoms with Gasteiger partial charge in [0.2, 0.25) is 10.0 Å². The lowest BCUT2D eigenvalue weighted by molar-refractivity contribution is 0.0702. The van der Waals surface area contributed by atoms with Crippen molar-refractivity contribution >= 4 is 38.6 Å². The fraction of sp³-hybridized carbons (Fsp3) is 0.364. The van der Waals surface area contributed by atoms with Gasteiger partial charge in [-0.3, -0.25) is 4.79 Å². The zero-order valence-electron chi connectivity index (χ0n) is 17.0. The first-order chi connectivity index (χ1) is 15.0. The number of sulfonamides is 1. The number of aromatic nitrogens is 1. The van der Waals surface area contributed by atoms with E-state index in [0.717, 1.165) is 34.7 Å². The second-order valence-electron chi connectivity index (χ2n) is 7.84. The highest BCUT2D eigenvalue weighted by Gasteiger charge is 2.31.